The van der Waals surface area contributed by atoms with Gasteiger partial charge in [0.25, 0.3) is 0 Å². The van der Waals surface area contributed by atoms with Crippen LogP contribution in [-0.4, -0.2) is 23.0 Å². The summed E-state index contributed by atoms with van der Waals surface area (Å²) < 4.78 is 90.1. The summed E-state index contributed by atoms with van der Waals surface area (Å²) in [7, 11) is -9.06. The number of rotatable bonds is 3. The molecular formula is C15H15ClF3N3O4S2. The van der Waals surface area contributed by atoms with E-state index >= 15 is 0 Å². The maximum absolute atomic E-state index is 13.3. The van der Waals surface area contributed by atoms with Gasteiger partial charge in [0.15, 0.2) is 0 Å². The van der Waals surface area contributed by atoms with E-state index in [1.165, 1.54) is 0 Å². The van der Waals surface area contributed by atoms with E-state index in [4.69, 9.17) is 5.14 Å². The van der Waals surface area contributed by atoms with Crippen molar-refractivity contribution in [1.82, 2.24) is 4.72 Å². The van der Waals surface area contributed by atoms with Gasteiger partial charge in [-0.2, -0.15) is 17.9 Å². The highest BCUT2D eigenvalue weighted by atomic mass is 35.5. The van der Waals surface area contributed by atoms with E-state index in [1.807, 2.05) is 0 Å². The van der Waals surface area contributed by atoms with E-state index in [9.17, 15) is 30.0 Å². The maximum Gasteiger partial charge on any atom is 0.417 e. The number of hydrogen-bond donors (Lipinski definition) is 3. The van der Waals surface area contributed by atoms with Crippen molar-refractivity contribution >= 4 is 38.1 Å². The van der Waals surface area contributed by atoms with Crippen molar-refractivity contribution in [3.05, 3.63) is 53.6 Å². The fourth-order valence-electron chi connectivity index (χ4n) is 2.76. The summed E-state index contributed by atoms with van der Waals surface area (Å²) in [4.78, 5) is -1.92. The van der Waals surface area contributed by atoms with Gasteiger partial charge in [-0.15, -0.1) is 12.4 Å². The number of alkyl halides is 3. The molecule has 0 saturated carbocycles. The first-order chi connectivity index (χ1) is 12.4. The van der Waals surface area contributed by atoms with Crippen LogP contribution in [0.4, 0.5) is 18.9 Å². The zero-order valence-electron chi connectivity index (χ0n) is 13.9. The van der Waals surface area contributed by atoms with E-state index in [0.29, 0.717) is 12.1 Å². The molecule has 2 aromatic carbocycles. The molecule has 1 aliphatic heterocycles. The molecule has 4 N–H and O–H groups in total. The van der Waals surface area contributed by atoms with Crippen LogP contribution in [0, 0.1) is 0 Å². The van der Waals surface area contributed by atoms with Crippen LogP contribution in [0.1, 0.15) is 11.1 Å². The summed E-state index contributed by atoms with van der Waals surface area (Å²) in [5.41, 5.74) is -1.14. The minimum Gasteiger partial charge on any atom is -0.368 e. The number of hydrogen-bond acceptors (Lipinski definition) is 5. The molecule has 7 nitrogen and oxygen atoms in total. The Morgan fingerprint density at radius 1 is 1.11 bits per heavy atom. The molecular weight excluding hydrogens is 443 g/mol. The number of fused-ring (bicyclic) bond motifs is 1. The largest absolute Gasteiger partial charge is 0.417 e. The highest BCUT2D eigenvalue weighted by Crippen LogP contribution is 2.39. The zero-order chi connectivity index (χ0) is 20.0. The van der Waals surface area contributed by atoms with Crippen LogP contribution in [0.2, 0.25) is 0 Å². The number of benzene rings is 2. The molecule has 0 bridgehead atoms. The Hall–Kier alpha value is -1.86. The third-order valence-corrected chi connectivity index (χ3v) is 6.36. The Morgan fingerprint density at radius 3 is 2.25 bits per heavy atom. The summed E-state index contributed by atoms with van der Waals surface area (Å²) in [5, 5.41) is 7.51. The third-order valence-electron chi connectivity index (χ3n) is 3.89. The fourth-order valence-corrected chi connectivity index (χ4v) is 4.93. The molecule has 0 aromatic heterocycles. The molecule has 2 aromatic rings. The SMILES string of the molecule is Cl.NS(=O)(=O)c1cc2c(cc1C(F)(F)F)NC(Cc1ccccc1)NS2(=O)=O. The van der Waals surface area contributed by atoms with Gasteiger partial charge in [-0.3, -0.25) is 0 Å². The van der Waals surface area contributed by atoms with Crippen molar-refractivity contribution in [2.24, 2.45) is 5.14 Å². The Kier molecular flexibility index (Phi) is 6.02. The minimum absolute atomic E-state index is 0. The smallest absolute Gasteiger partial charge is 0.368 e. The topological polar surface area (TPSA) is 118 Å². The first-order valence-corrected chi connectivity index (χ1v) is 10.5. The zero-order valence-corrected chi connectivity index (χ0v) is 16.3. The molecule has 0 aliphatic carbocycles. The highest BCUT2D eigenvalue weighted by Gasteiger charge is 2.40. The van der Waals surface area contributed by atoms with Crippen LogP contribution in [0.3, 0.4) is 0 Å². The van der Waals surface area contributed by atoms with Crippen molar-refractivity contribution in [2.75, 3.05) is 5.32 Å². The lowest BCUT2D eigenvalue weighted by Crippen LogP contribution is -2.46. The number of nitrogens with two attached hydrogens (primary N) is 1. The molecule has 3 rings (SSSR count). The summed E-state index contributed by atoms with van der Waals surface area (Å²) in [6, 6.07) is 9.57. The number of sulfonamides is 2. The summed E-state index contributed by atoms with van der Waals surface area (Å²) in [5.74, 6) is 0. The number of halogens is 4. The third kappa shape index (κ3) is 4.58. The molecule has 0 saturated heterocycles. The predicted octanol–water partition coefficient (Wildman–Crippen LogP) is 2.05. The van der Waals surface area contributed by atoms with Crippen molar-refractivity contribution in [3.63, 3.8) is 0 Å². The van der Waals surface area contributed by atoms with Crippen LogP contribution in [0.15, 0.2) is 52.3 Å². The van der Waals surface area contributed by atoms with Crippen molar-refractivity contribution in [3.8, 4) is 0 Å². The number of nitrogens with one attached hydrogen (secondary N) is 2. The lowest BCUT2D eigenvalue weighted by atomic mass is 10.1. The Balaban J connectivity index is 0.00000280. The average molecular weight is 458 g/mol. The van der Waals surface area contributed by atoms with Gasteiger partial charge in [-0.25, -0.2) is 22.0 Å². The van der Waals surface area contributed by atoms with Gasteiger partial charge in [0.1, 0.15) is 4.90 Å². The quantitative estimate of drug-likeness (QED) is 0.651. The van der Waals surface area contributed by atoms with Crippen molar-refractivity contribution in [2.45, 2.75) is 28.6 Å². The van der Waals surface area contributed by atoms with E-state index in [-0.39, 0.29) is 24.5 Å². The fraction of sp³-hybridized carbons (Fsp3) is 0.200. The Bertz CT molecular complexity index is 1090. The van der Waals surface area contributed by atoms with Gasteiger partial charge >= 0.3 is 6.18 Å². The maximum atomic E-state index is 13.3. The summed E-state index contributed by atoms with van der Waals surface area (Å²) in [6.07, 6.45) is -5.79. The molecule has 0 fully saturated rings. The van der Waals surface area contributed by atoms with E-state index in [2.05, 4.69) is 10.0 Å². The molecule has 1 unspecified atom stereocenters. The summed E-state index contributed by atoms with van der Waals surface area (Å²) >= 11 is 0. The summed E-state index contributed by atoms with van der Waals surface area (Å²) in [6.45, 7) is 0. The molecule has 13 heteroatoms. The molecule has 0 spiro atoms. The van der Waals surface area contributed by atoms with Gasteiger partial charge in [-0.1, -0.05) is 30.3 Å². The number of anilines is 1. The Labute approximate surface area is 165 Å². The van der Waals surface area contributed by atoms with Gasteiger partial charge in [-0.05, 0) is 17.7 Å². The monoisotopic (exact) mass is 457 g/mol. The van der Waals surface area contributed by atoms with E-state index < -0.39 is 47.7 Å². The van der Waals surface area contributed by atoms with Crippen LogP contribution >= 0.6 is 12.4 Å². The second-order valence-electron chi connectivity index (χ2n) is 5.90. The second-order valence-corrected chi connectivity index (χ2v) is 9.11. The molecule has 154 valence electrons. The molecule has 1 heterocycles. The molecule has 1 aliphatic rings. The second kappa shape index (κ2) is 7.52. The minimum atomic E-state index is -5.04. The van der Waals surface area contributed by atoms with Crippen LogP contribution in [0.5, 0.6) is 0 Å². The highest BCUT2D eigenvalue weighted by molar-refractivity contribution is 7.90. The predicted molar refractivity (Wildman–Crippen MR) is 97.9 cm³/mol. The van der Waals surface area contributed by atoms with Crippen molar-refractivity contribution in [1.29, 1.82) is 0 Å². The molecule has 0 radical (unpaired) electrons. The normalized spacial score (nSPS) is 18.5. The van der Waals surface area contributed by atoms with Crippen LogP contribution in [-0.2, 0) is 32.6 Å². The lowest BCUT2D eigenvalue weighted by molar-refractivity contribution is -0.139. The van der Waals surface area contributed by atoms with Gasteiger partial charge in [0, 0.05) is 6.42 Å². The van der Waals surface area contributed by atoms with Gasteiger partial charge in [0.2, 0.25) is 20.0 Å². The molecule has 1 atom stereocenters. The molecule has 28 heavy (non-hydrogen) atoms. The van der Waals surface area contributed by atoms with E-state index in [1.54, 1.807) is 30.3 Å². The van der Waals surface area contributed by atoms with Crippen LogP contribution in [0.25, 0.3) is 0 Å². The van der Waals surface area contributed by atoms with E-state index in [0.717, 1.165) is 5.56 Å². The standard InChI is InChI=1S/C15H14F3N3O4S2.ClH/c16-15(17,18)10-7-11-13(8-12(10)26(19,22)23)27(24,25)21-14(20-11)6-9-4-2-1-3-5-9;/h1-5,7-8,14,20-21H,6H2,(H2,19,22,23);1H. The van der Waals surface area contributed by atoms with Gasteiger partial charge < -0.3 is 5.32 Å². The first kappa shape index (κ1) is 22.4. The van der Waals surface area contributed by atoms with Crippen LogP contribution < -0.4 is 15.2 Å². The van der Waals surface area contributed by atoms with Crippen molar-refractivity contribution < 1.29 is 30.0 Å². The first-order valence-electron chi connectivity index (χ1n) is 7.49. The number of primary sulfonamides is 1. The average Bonchev–Trinajstić information content (AvgIpc) is 2.52. The molecule has 0 amide bonds. The lowest BCUT2D eigenvalue weighted by Gasteiger charge is -2.29. The van der Waals surface area contributed by atoms with Gasteiger partial charge in [0.05, 0.1) is 22.3 Å². The Morgan fingerprint density at radius 2 is 1.71 bits per heavy atom.